The minimum atomic E-state index is -0.161. The van der Waals surface area contributed by atoms with Crippen LogP contribution in [-0.2, 0) is 4.79 Å². The molecule has 0 aliphatic carbocycles. The van der Waals surface area contributed by atoms with Crippen LogP contribution in [0.4, 0.5) is 5.69 Å². The van der Waals surface area contributed by atoms with Gasteiger partial charge in [0.15, 0.2) is 5.11 Å². The number of pyridine rings is 2. The molecule has 4 heterocycles. The van der Waals surface area contributed by atoms with E-state index in [1.807, 2.05) is 66.9 Å². The zero-order valence-corrected chi connectivity index (χ0v) is 20.2. The van der Waals surface area contributed by atoms with Gasteiger partial charge in [0.25, 0.3) is 0 Å². The zero-order valence-electron chi connectivity index (χ0n) is 19.3. The number of hydrogen-bond donors (Lipinski definition) is 2. The van der Waals surface area contributed by atoms with Crippen LogP contribution in [0.2, 0.25) is 0 Å². The third-order valence-electron chi connectivity index (χ3n) is 6.15. The van der Waals surface area contributed by atoms with Crippen LogP contribution >= 0.6 is 12.2 Å². The van der Waals surface area contributed by atoms with E-state index in [1.54, 1.807) is 12.4 Å². The number of aromatic nitrogens is 3. The predicted molar refractivity (Wildman–Crippen MR) is 140 cm³/mol. The van der Waals surface area contributed by atoms with E-state index in [-0.39, 0.29) is 18.0 Å². The molecule has 1 aliphatic rings. The number of aryl methyl sites for hydroxylation is 1. The molecule has 2 unspecified atom stereocenters. The summed E-state index contributed by atoms with van der Waals surface area (Å²) in [5.41, 5.74) is 4.80. The Hall–Kier alpha value is -4.04. The number of nitrogens with zero attached hydrogens (tertiary/aromatic N) is 4. The van der Waals surface area contributed by atoms with Gasteiger partial charge in [-0.25, -0.2) is 0 Å². The molecule has 1 aromatic carbocycles. The second-order valence-electron chi connectivity index (χ2n) is 8.43. The highest BCUT2D eigenvalue weighted by molar-refractivity contribution is 7.80. The quantitative estimate of drug-likeness (QED) is 0.376. The molecule has 1 fully saturated rings. The van der Waals surface area contributed by atoms with Crippen LogP contribution in [-0.4, -0.2) is 37.0 Å². The summed E-state index contributed by atoms with van der Waals surface area (Å²) in [4.78, 5) is 23.8. The summed E-state index contributed by atoms with van der Waals surface area (Å²) >= 11 is 5.78. The molecule has 176 valence electrons. The fraction of sp³-hybridized carbons (Fsp3) is 0.185. The molecule has 5 rings (SSSR count). The summed E-state index contributed by atoms with van der Waals surface area (Å²) in [7, 11) is 0. The third-order valence-corrected chi connectivity index (χ3v) is 6.50. The fourth-order valence-electron chi connectivity index (χ4n) is 4.56. The summed E-state index contributed by atoms with van der Waals surface area (Å²) in [5.74, 6) is -0.0575. The van der Waals surface area contributed by atoms with Crippen LogP contribution in [0.1, 0.15) is 35.6 Å². The topological polar surface area (TPSA) is 75.1 Å². The maximum Gasteiger partial charge on any atom is 0.226 e. The van der Waals surface area contributed by atoms with Crippen LogP contribution in [0, 0.1) is 6.92 Å². The van der Waals surface area contributed by atoms with Gasteiger partial charge in [-0.05, 0) is 67.7 Å². The first-order valence-electron chi connectivity index (χ1n) is 11.5. The first-order valence-corrected chi connectivity index (χ1v) is 11.9. The van der Waals surface area contributed by atoms with E-state index in [9.17, 15) is 4.79 Å². The van der Waals surface area contributed by atoms with Gasteiger partial charge < -0.3 is 20.1 Å². The van der Waals surface area contributed by atoms with E-state index < -0.39 is 0 Å². The first kappa shape index (κ1) is 22.7. The Balaban J connectivity index is 1.47. The van der Waals surface area contributed by atoms with Gasteiger partial charge in [0.1, 0.15) is 0 Å². The number of benzene rings is 1. The van der Waals surface area contributed by atoms with E-state index >= 15 is 0 Å². The summed E-state index contributed by atoms with van der Waals surface area (Å²) in [6.07, 6.45) is 5.71. The number of carbonyl (C=O) groups excluding carboxylic acids is 1. The highest BCUT2D eigenvalue weighted by Crippen LogP contribution is 2.40. The van der Waals surface area contributed by atoms with Crippen LogP contribution in [0.5, 0.6) is 0 Å². The minimum Gasteiger partial charge on any atom is -0.352 e. The second kappa shape index (κ2) is 10.1. The van der Waals surface area contributed by atoms with Crippen molar-refractivity contribution in [3.63, 3.8) is 0 Å². The molecule has 1 aliphatic heterocycles. The molecule has 8 heteroatoms. The van der Waals surface area contributed by atoms with Crippen molar-refractivity contribution in [1.29, 1.82) is 0 Å². The maximum absolute atomic E-state index is 12.7. The smallest absolute Gasteiger partial charge is 0.226 e. The van der Waals surface area contributed by atoms with Crippen molar-refractivity contribution in [3.8, 4) is 5.69 Å². The lowest BCUT2D eigenvalue weighted by Crippen LogP contribution is -2.33. The Kier molecular flexibility index (Phi) is 6.54. The first-order chi connectivity index (χ1) is 17.1. The minimum absolute atomic E-state index is 0.0575. The highest BCUT2D eigenvalue weighted by Gasteiger charge is 2.41. The van der Waals surface area contributed by atoms with Gasteiger partial charge in [0.2, 0.25) is 5.91 Å². The summed E-state index contributed by atoms with van der Waals surface area (Å²) in [6.45, 7) is 2.54. The third kappa shape index (κ3) is 4.79. The number of rotatable bonds is 7. The van der Waals surface area contributed by atoms with Crippen molar-refractivity contribution in [2.75, 3.05) is 11.9 Å². The molecule has 3 aromatic heterocycles. The van der Waals surface area contributed by atoms with Gasteiger partial charge in [-0.3, -0.25) is 14.8 Å². The maximum atomic E-state index is 12.7. The van der Waals surface area contributed by atoms with Gasteiger partial charge in [-0.1, -0.05) is 24.3 Å². The molecule has 0 saturated carbocycles. The lowest BCUT2D eigenvalue weighted by Gasteiger charge is -2.29. The van der Waals surface area contributed by atoms with E-state index in [2.05, 4.69) is 49.1 Å². The molecular weight excluding hydrogens is 456 g/mol. The lowest BCUT2D eigenvalue weighted by molar-refractivity contribution is -0.116. The second-order valence-corrected chi connectivity index (χ2v) is 8.82. The summed E-state index contributed by atoms with van der Waals surface area (Å²) < 4.78 is 2.19. The van der Waals surface area contributed by atoms with E-state index in [0.717, 1.165) is 28.5 Å². The number of hydrogen-bond acceptors (Lipinski definition) is 4. The molecule has 0 spiro atoms. The van der Waals surface area contributed by atoms with Gasteiger partial charge in [-0.2, -0.15) is 0 Å². The van der Waals surface area contributed by atoms with E-state index in [1.165, 1.54) is 0 Å². The van der Waals surface area contributed by atoms with Crippen molar-refractivity contribution in [1.82, 2.24) is 24.8 Å². The van der Waals surface area contributed by atoms with Gasteiger partial charge >= 0.3 is 0 Å². The molecule has 1 saturated heterocycles. The molecule has 1 amide bonds. The lowest BCUT2D eigenvalue weighted by atomic mass is 10.0. The molecule has 0 bridgehead atoms. The average Bonchev–Trinajstić information content (AvgIpc) is 3.43. The largest absolute Gasteiger partial charge is 0.352 e. The monoisotopic (exact) mass is 482 g/mol. The predicted octanol–water partition coefficient (Wildman–Crippen LogP) is 4.58. The molecule has 35 heavy (non-hydrogen) atoms. The number of anilines is 1. The fourth-order valence-corrected chi connectivity index (χ4v) is 4.89. The number of para-hydroxylation sites is 1. The Morgan fingerprint density at radius 2 is 1.86 bits per heavy atom. The molecule has 7 nitrogen and oxygen atoms in total. The van der Waals surface area contributed by atoms with Crippen molar-refractivity contribution in [2.45, 2.75) is 25.4 Å². The molecule has 4 aromatic rings. The highest BCUT2D eigenvalue weighted by atomic mass is 32.1. The van der Waals surface area contributed by atoms with Gasteiger partial charge in [0.05, 0.1) is 29.7 Å². The SMILES string of the molecule is Cc1ccc(C2C(c3ccccn3)NC(=S)N2CCC(=O)Nc2ccccc2)n1-c1cccnc1. The number of amides is 1. The standard InChI is InChI=1S/C27H26N6OS/c1-19-12-13-23(33(19)21-10-7-15-28-18-21)26-25(22-11-5-6-16-29-22)31-27(35)32(26)17-14-24(34)30-20-8-3-2-4-9-20/h2-13,15-16,18,25-26H,14,17H2,1H3,(H,30,34)(H,31,35). The average molecular weight is 483 g/mol. The molecule has 0 radical (unpaired) electrons. The molecular formula is C27H26N6OS. The Labute approximate surface area is 209 Å². The summed E-state index contributed by atoms with van der Waals surface area (Å²) in [6, 6.07) is 23.2. The molecule has 2 N–H and O–H groups in total. The zero-order chi connectivity index (χ0) is 24.2. The number of thiocarbonyl (C=S) groups is 1. The van der Waals surface area contributed by atoms with Crippen LogP contribution in [0.3, 0.4) is 0 Å². The molecule has 2 atom stereocenters. The van der Waals surface area contributed by atoms with Crippen molar-refractivity contribution < 1.29 is 4.79 Å². The van der Waals surface area contributed by atoms with Crippen molar-refractivity contribution >= 4 is 28.9 Å². The van der Waals surface area contributed by atoms with Crippen molar-refractivity contribution in [2.24, 2.45) is 0 Å². The Morgan fingerprint density at radius 1 is 1.03 bits per heavy atom. The van der Waals surface area contributed by atoms with Crippen molar-refractivity contribution in [3.05, 3.63) is 108 Å². The van der Waals surface area contributed by atoms with Crippen LogP contribution < -0.4 is 10.6 Å². The Bertz CT molecular complexity index is 1310. The normalized spacial score (nSPS) is 17.3. The van der Waals surface area contributed by atoms with Crippen LogP contribution in [0.15, 0.2) is 91.4 Å². The van der Waals surface area contributed by atoms with E-state index in [0.29, 0.717) is 18.1 Å². The van der Waals surface area contributed by atoms with E-state index in [4.69, 9.17) is 12.2 Å². The number of nitrogens with one attached hydrogen (secondary N) is 2. The summed E-state index contributed by atoms with van der Waals surface area (Å²) in [5, 5.41) is 7.04. The number of carbonyl (C=O) groups is 1. The van der Waals surface area contributed by atoms with Gasteiger partial charge in [0, 0.05) is 42.4 Å². The van der Waals surface area contributed by atoms with Gasteiger partial charge in [-0.15, -0.1) is 0 Å². The Morgan fingerprint density at radius 3 is 2.60 bits per heavy atom. The van der Waals surface area contributed by atoms with Crippen LogP contribution in [0.25, 0.3) is 5.69 Å².